The van der Waals surface area contributed by atoms with E-state index in [1.54, 1.807) is 4.90 Å². The Labute approximate surface area is 140 Å². The molecule has 2 N–H and O–H groups in total. The number of carboxylic acid groups (broad SMARTS) is 2. The van der Waals surface area contributed by atoms with Crippen LogP contribution in [0.1, 0.15) is 44.9 Å². The van der Waals surface area contributed by atoms with Gasteiger partial charge in [0, 0.05) is 13.0 Å². The maximum Gasteiger partial charge on any atom is 0.326 e. The first-order chi connectivity index (χ1) is 11.5. The number of amides is 1. The molecule has 2 saturated heterocycles. The van der Waals surface area contributed by atoms with Crippen molar-refractivity contribution in [1.82, 2.24) is 9.80 Å². The normalized spacial score (nSPS) is 25.6. The van der Waals surface area contributed by atoms with Crippen molar-refractivity contribution in [2.24, 2.45) is 0 Å². The van der Waals surface area contributed by atoms with Gasteiger partial charge >= 0.3 is 11.9 Å². The Morgan fingerprint density at radius 3 is 2.29 bits per heavy atom. The predicted octanol–water partition coefficient (Wildman–Crippen LogP) is 0.349. The zero-order valence-corrected chi connectivity index (χ0v) is 13.6. The molecular formula is C16H24N2O6. The monoisotopic (exact) mass is 340 g/mol. The third-order valence-electron chi connectivity index (χ3n) is 4.89. The van der Waals surface area contributed by atoms with Gasteiger partial charge in [-0.1, -0.05) is 0 Å². The van der Waals surface area contributed by atoms with Gasteiger partial charge in [-0.15, -0.1) is 0 Å². The third-order valence-corrected chi connectivity index (χ3v) is 4.89. The molecule has 1 unspecified atom stereocenters. The van der Waals surface area contributed by atoms with Crippen LogP contribution in [0.2, 0.25) is 0 Å². The molecule has 2 rings (SSSR count). The maximum atomic E-state index is 12.9. The van der Waals surface area contributed by atoms with Gasteiger partial charge in [0.05, 0.1) is 6.04 Å². The molecule has 0 radical (unpaired) electrons. The lowest BCUT2D eigenvalue weighted by atomic mass is 10.0. The van der Waals surface area contributed by atoms with Crippen LogP contribution >= 0.6 is 0 Å². The summed E-state index contributed by atoms with van der Waals surface area (Å²) in [5.41, 5.74) is 0. The number of carbonyl (C=O) groups excluding carboxylic acids is 2. The molecule has 8 nitrogen and oxygen atoms in total. The molecule has 0 aromatic heterocycles. The second-order valence-electron chi connectivity index (χ2n) is 6.38. The minimum atomic E-state index is -1.02. The summed E-state index contributed by atoms with van der Waals surface area (Å²) in [6, 6.07) is -2.23. The minimum Gasteiger partial charge on any atom is -0.480 e. The number of aliphatic carboxylic acids is 2. The first-order valence-electron chi connectivity index (χ1n) is 8.42. The molecule has 0 aromatic rings. The lowest BCUT2D eigenvalue weighted by molar-refractivity contribution is -0.153. The number of hydrogen-bond acceptors (Lipinski definition) is 5. The topological polar surface area (TPSA) is 115 Å². The highest BCUT2D eigenvalue weighted by Gasteiger charge is 2.43. The molecule has 2 fully saturated rings. The molecule has 24 heavy (non-hydrogen) atoms. The number of carbonyl (C=O) groups is 4. The number of likely N-dealkylation sites (tertiary alicyclic amines) is 2. The molecular weight excluding hydrogens is 316 g/mol. The number of unbranched alkanes of at least 4 members (excludes halogenated alkanes) is 1. The summed E-state index contributed by atoms with van der Waals surface area (Å²) in [6.07, 6.45) is 4.15. The molecule has 2 aliphatic rings. The lowest BCUT2D eigenvalue weighted by Gasteiger charge is -2.34. The first kappa shape index (κ1) is 18.4. The van der Waals surface area contributed by atoms with E-state index in [2.05, 4.69) is 0 Å². The smallest absolute Gasteiger partial charge is 0.326 e. The van der Waals surface area contributed by atoms with Crippen LogP contribution in [-0.4, -0.2) is 75.4 Å². The zero-order valence-electron chi connectivity index (χ0n) is 13.6. The van der Waals surface area contributed by atoms with E-state index >= 15 is 0 Å². The Bertz CT molecular complexity index is 509. The summed E-state index contributed by atoms with van der Waals surface area (Å²) < 4.78 is 0. The molecule has 2 aliphatic heterocycles. The number of aldehydes is 1. The zero-order chi connectivity index (χ0) is 17.7. The average molecular weight is 340 g/mol. The van der Waals surface area contributed by atoms with Crippen LogP contribution in [0, 0.1) is 0 Å². The van der Waals surface area contributed by atoms with E-state index in [0.717, 1.165) is 6.29 Å². The van der Waals surface area contributed by atoms with Crippen LogP contribution in [0.5, 0.6) is 0 Å². The van der Waals surface area contributed by atoms with Gasteiger partial charge in [0.25, 0.3) is 0 Å². The second kappa shape index (κ2) is 8.23. The second-order valence-corrected chi connectivity index (χ2v) is 6.38. The third kappa shape index (κ3) is 3.92. The Kier molecular flexibility index (Phi) is 6.30. The predicted molar refractivity (Wildman–Crippen MR) is 83.4 cm³/mol. The van der Waals surface area contributed by atoms with E-state index in [0.29, 0.717) is 58.0 Å². The Hall–Kier alpha value is -1.96. The van der Waals surface area contributed by atoms with Crippen LogP contribution < -0.4 is 0 Å². The highest BCUT2D eigenvalue weighted by Crippen LogP contribution is 2.27. The summed E-state index contributed by atoms with van der Waals surface area (Å²) in [6.45, 7) is 0.881. The van der Waals surface area contributed by atoms with E-state index in [1.165, 1.54) is 4.90 Å². The molecule has 134 valence electrons. The highest BCUT2D eigenvalue weighted by atomic mass is 16.4. The fourth-order valence-electron chi connectivity index (χ4n) is 3.73. The van der Waals surface area contributed by atoms with Crippen LogP contribution in [0.15, 0.2) is 0 Å². The molecule has 3 atom stereocenters. The largest absolute Gasteiger partial charge is 0.480 e. The Morgan fingerprint density at radius 1 is 1.04 bits per heavy atom. The number of nitrogens with zero attached hydrogens (tertiary/aromatic N) is 2. The average Bonchev–Trinajstić information content (AvgIpc) is 3.19. The van der Waals surface area contributed by atoms with Gasteiger partial charge in [-0.05, 0) is 45.1 Å². The van der Waals surface area contributed by atoms with Crippen molar-refractivity contribution in [3.05, 3.63) is 0 Å². The first-order valence-corrected chi connectivity index (χ1v) is 8.42. The Balaban J connectivity index is 2.18. The van der Waals surface area contributed by atoms with Crippen LogP contribution in [-0.2, 0) is 19.2 Å². The summed E-state index contributed by atoms with van der Waals surface area (Å²) in [4.78, 5) is 49.3. The van der Waals surface area contributed by atoms with Crippen molar-refractivity contribution in [3.8, 4) is 0 Å². The van der Waals surface area contributed by atoms with E-state index in [9.17, 15) is 29.4 Å². The minimum absolute atomic E-state index is 0.303. The quantitative estimate of drug-likeness (QED) is 0.484. The van der Waals surface area contributed by atoms with Gasteiger partial charge in [0.2, 0.25) is 5.91 Å². The van der Waals surface area contributed by atoms with Crippen LogP contribution in [0.25, 0.3) is 0 Å². The molecule has 0 aliphatic carbocycles. The Morgan fingerprint density at radius 2 is 1.67 bits per heavy atom. The van der Waals surface area contributed by atoms with Gasteiger partial charge in [0.1, 0.15) is 18.4 Å². The number of hydrogen-bond donors (Lipinski definition) is 2. The molecule has 0 aromatic carbocycles. The van der Waals surface area contributed by atoms with Gasteiger partial charge in [-0.2, -0.15) is 0 Å². The van der Waals surface area contributed by atoms with Crippen molar-refractivity contribution in [2.45, 2.75) is 63.1 Å². The summed E-state index contributed by atoms with van der Waals surface area (Å²) in [5.74, 6) is -2.31. The fraction of sp³-hybridized carbons (Fsp3) is 0.750. The fourth-order valence-corrected chi connectivity index (χ4v) is 3.73. The summed E-state index contributed by atoms with van der Waals surface area (Å²) >= 11 is 0. The summed E-state index contributed by atoms with van der Waals surface area (Å²) in [7, 11) is 0. The van der Waals surface area contributed by atoms with Gasteiger partial charge in [0.15, 0.2) is 0 Å². The molecule has 0 spiro atoms. The van der Waals surface area contributed by atoms with Crippen LogP contribution in [0.4, 0.5) is 0 Å². The summed E-state index contributed by atoms with van der Waals surface area (Å²) in [5, 5.41) is 18.7. The molecule has 1 amide bonds. The van der Waals surface area contributed by atoms with E-state index in [-0.39, 0.29) is 5.91 Å². The van der Waals surface area contributed by atoms with E-state index < -0.39 is 30.1 Å². The lowest BCUT2D eigenvalue weighted by Crippen LogP contribution is -2.54. The van der Waals surface area contributed by atoms with Crippen molar-refractivity contribution in [2.75, 3.05) is 13.1 Å². The van der Waals surface area contributed by atoms with E-state index in [1.807, 2.05) is 0 Å². The standard InChI is InChI=1S/C16H24N2O6/c19-10-2-1-5-11(17-8-3-6-12(17)15(21)22)14(20)18-9-4-7-13(18)16(23)24/h10-13H,1-9H2,(H,21,22)(H,23,24)/t11?,12-,13-/m1/s1. The highest BCUT2D eigenvalue weighted by molar-refractivity contribution is 5.88. The van der Waals surface area contributed by atoms with E-state index in [4.69, 9.17) is 0 Å². The molecule has 8 heteroatoms. The number of rotatable bonds is 8. The molecule has 0 saturated carbocycles. The van der Waals surface area contributed by atoms with Crippen molar-refractivity contribution < 1.29 is 29.4 Å². The maximum absolute atomic E-state index is 12.9. The van der Waals surface area contributed by atoms with Crippen molar-refractivity contribution in [3.63, 3.8) is 0 Å². The van der Waals surface area contributed by atoms with Crippen LogP contribution in [0.3, 0.4) is 0 Å². The molecule has 2 heterocycles. The molecule has 0 bridgehead atoms. The van der Waals surface area contributed by atoms with Gasteiger partial charge in [-0.3, -0.25) is 14.5 Å². The van der Waals surface area contributed by atoms with Gasteiger partial charge in [-0.25, -0.2) is 4.79 Å². The number of carboxylic acids is 2. The van der Waals surface area contributed by atoms with Crippen molar-refractivity contribution in [1.29, 1.82) is 0 Å². The SMILES string of the molecule is O=CCCCC(C(=O)N1CCC[C@@H]1C(=O)O)N1CCC[C@@H]1C(=O)O. The van der Waals surface area contributed by atoms with Crippen molar-refractivity contribution >= 4 is 24.1 Å². The van der Waals surface area contributed by atoms with Gasteiger partial charge < -0.3 is 19.9 Å².